The van der Waals surface area contributed by atoms with E-state index in [4.69, 9.17) is 21.1 Å². The van der Waals surface area contributed by atoms with Crippen LogP contribution in [0.1, 0.15) is 38.2 Å². The minimum atomic E-state index is -4.34. The Morgan fingerprint density at radius 1 is 0.977 bits per heavy atom. The molecule has 0 saturated heterocycles. The summed E-state index contributed by atoms with van der Waals surface area (Å²) in [5, 5.41) is 3.40. The summed E-state index contributed by atoms with van der Waals surface area (Å²) in [6.45, 7) is 0.935. The molecule has 1 N–H and O–H groups in total. The molecule has 1 aliphatic rings. The Balaban J connectivity index is 1.71. The topological polar surface area (TPSA) is 105 Å². The van der Waals surface area contributed by atoms with Gasteiger partial charge in [0.15, 0.2) is 11.5 Å². The minimum absolute atomic E-state index is 0.0220. The van der Waals surface area contributed by atoms with E-state index in [1.807, 2.05) is 0 Å². The molecule has 1 aliphatic carbocycles. The number of hydrogen-bond donors (Lipinski definition) is 1. The van der Waals surface area contributed by atoms with E-state index in [-0.39, 0.29) is 34.8 Å². The van der Waals surface area contributed by atoms with Crippen molar-refractivity contribution in [1.29, 1.82) is 0 Å². The van der Waals surface area contributed by atoms with Gasteiger partial charge >= 0.3 is 0 Å². The van der Waals surface area contributed by atoms with E-state index >= 15 is 0 Å². The number of halogens is 2. The van der Waals surface area contributed by atoms with Gasteiger partial charge in [-0.15, -0.1) is 0 Å². The van der Waals surface area contributed by atoms with E-state index < -0.39 is 34.3 Å². The summed E-state index contributed by atoms with van der Waals surface area (Å²) in [7, 11) is -1.52. The Morgan fingerprint density at radius 2 is 1.60 bits per heavy atom. The van der Waals surface area contributed by atoms with Crippen LogP contribution in [0.25, 0.3) is 0 Å². The fourth-order valence-corrected chi connectivity index (χ4v) is 6.56. The van der Waals surface area contributed by atoms with Crippen LogP contribution >= 0.6 is 11.6 Å². The lowest BCUT2D eigenvalue weighted by Crippen LogP contribution is -2.52. The molecule has 0 heterocycles. The molecule has 0 unspecified atom stereocenters. The zero-order valence-corrected chi connectivity index (χ0v) is 25.8. The number of ether oxygens (including phenoxy) is 2. The van der Waals surface area contributed by atoms with Gasteiger partial charge < -0.3 is 19.7 Å². The second-order valence-electron chi connectivity index (χ2n) is 10.3. The second-order valence-corrected chi connectivity index (χ2v) is 12.6. The summed E-state index contributed by atoms with van der Waals surface area (Å²) in [6, 6.07) is 14.8. The SMILES string of the molecule is COc1ccc(S(=O)(=O)N(CC(=O)N(Cc2ccc(F)cc2)[C@@H](C)C(=O)NC2CCCC2)c2ccc(Cl)cc2)cc1OC. The Labute approximate surface area is 256 Å². The number of sulfonamides is 1. The lowest BCUT2D eigenvalue weighted by Gasteiger charge is -2.32. The first-order chi connectivity index (χ1) is 20.5. The number of nitrogens with zero attached hydrogens (tertiary/aromatic N) is 2. The van der Waals surface area contributed by atoms with Crippen LogP contribution in [-0.2, 0) is 26.2 Å². The van der Waals surface area contributed by atoms with Crippen LogP contribution in [0.5, 0.6) is 11.5 Å². The molecule has 1 fully saturated rings. The summed E-state index contributed by atoms with van der Waals surface area (Å²) in [6.07, 6.45) is 3.75. The van der Waals surface area contributed by atoms with Gasteiger partial charge in [0.25, 0.3) is 10.0 Å². The van der Waals surface area contributed by atoms with Crippen LogP contribution in [0.2, 0.25) is 5.02 Å². The standard InChI is InChI=1S/C31H35ClFN3O6S/c1-21(31(38)34-25-6-4-5-7-25)35(19-22-8-12-24(33)13-9-22)30(37)20-36(26-14-10-23(32)11-15-26)43(39,40)27-16-17-28(41-2)29(18-27)42-3/h8-18,21,25H,4-7,19-20H2,1-3H3,(H,34,38)/t21-/m0/s1. The van der Waals surface area contributed by atoms with Crippen LogP contribution < -0.4 is 19.1 Å². The van der Waals surface area contributed by atoms with E-state index in [1.54, 1.807) is 6.92 Å². The van der Waals surface area contributed by atoms with Crippen molar-refractivity contribution in [3.8, 4) is 11.5 Å². The number of carbonyl (C=O) groups excluding carboxylic acids is 2. The average molecular weight is 632 g/mol. The van der Waals surface area contributed by atoms with Gasteiger partial charge in [0.2, 0.25) is 11.8 Å². The van der Waals surface area contributed by atoms with Gasteiger partial charge in [0.1, 0.15) is 18.4 Å². The molecule has 0 radical (unpaired) electrons. The zero-order valence-electron chi connectivity index (χ0n) is 24.3. The highest BCUT2D eigenvalue weighted by molar-refractivity contribution is 7.92. The number of methoxy groups -OCH3 is 2. The van der Waals surface area contributed by atoms with Crippen LogP contribution in [0.4, 0.5) is 10.1 Å². The molecule has 0 aliphatic heterocycles. The van der Waals surface area contributed by atoms with E-state index in [0.29, 0.717) is 16.3 Å². The van der Waals surface area contributed by atoms with Crippen LogP contribution in [0.15, 0.2) is 71.6 Å². The molecule has 2 amide bonds. The molecule has 12 heteroatoms. The lowest BCUT2D eigenvalue weighted by molar-refractivity contribution is -0.139. The lowest BCUT2D eigenvalue weighted by atomic mass is 10.1. The van der Waals surface area contributed by atoms with Crippen molar-refractivity contribution >= 4 is 39.1 Å². The molecule has 0 spiro atoms. The molecule has 0 bridgehead atoms. The minimum Gasteiger partial charge on any atom is -0.493 e. The van der Waals surface area contributed by atoms with Gasteiger partial charge in [-0.25, -0.2) is 12.8 Å². The third-order valence-electron chi connectivity index (χ3n) is 7.47. The molecule has 9 nitrogen and oxygen atoms in total. The van der Waals surface area contributed by atoms with Gasteiger partial charge in [-0.05, 0) is 73.9 Å². The van der Waals surface area contributed by atoms with Crippen molar-refractivity contribution in [2.24, 2.45) is 0 Å². The molecule has 230 valence electrons. The van der Waals surface area contributed by atoms with Crippen molar-refractivity contribution in [2.75, 3.05) is 25.1 Å². The van der Waals surface area contributed by atoms with Crippen molar-refractivity contribution in [3.05, 3.63) is 83.1 Å². The van der Waals surface area contributed by atoms with Crippen LogP contribution in [-0.4, -0.2) is 58.0 Å². The number of rotatable bonds is 12. The normalized spacial score (nSPS) is 14.2. The molecule has 3 aromatic rings. The Hall–Kier alpha value is -3.83. The van der Waals surface area contributed by atoms with Gasteiger partial charge in [0, 0.05) is 23.7 Å². The first-order valence-electron chi connectivity index (χ1n) is 13.9. The maximum Gasteiger partial charge on any atom is 0.264 e. The zero-order chi connectivity index (χ0) is 31.1. The molecule has 4 rings (SSSR count). The number of carbonyl (C=O) groups is 2. The third-order valence-corrected chi connectivity index (χ3v) is 9.49. The Morgan fingerprint density at radius 3 is 2.21 bits per heavy atom. The number of nitrogens with one attached hydrogen (secondary N) is 1. The fraction of sp³-hybridized carbons (Fsp3) is 0.355. The van der Waals surface area contributed by atoms with Gasteiger partial charge in [-0.1, -0.05) is 36.6 Å². The maximum absolute atomic E-state index is 14.1. The van der Waals surface area contributed by atoms with E-state index in [2.05, 4.69) is 5.32 Å². The van der Waals surface area contributed by atoms with Crippen molar-refractivity contribution < 1.29 is 31.9 Å². The smallest absolute Gasteiger partial charge is 0.264 e. The second kappa shape index (κ2) is 14.1. The highest BCUT2D eigenvalue weighted by Crippen LogP contribution is 2.33. The summed E-state index contributed by atoms with van der Waals surface area (Å²) >= 11 is 6.08. The van der Waals surface area contributed by atoms with Crippen molar-refractivity contribution in [3.63, 3.8) is 0 Å². The summed E-state index contributed by atoms with van der Waals surface area (Å²) in [4.78, 5) is 28.5. The fourth-order valence-electron chi connectivity index (χ4n) is 5.00. The predicted molar refractivity (Wildman–Crippen MR) is 162 cm³/mol. The van der Waals surface area contributed by atoms with Crippen molar-refractivity contribution in [1.82, 2.24) is 10.2 Å². The van der Waals surface area contributed by atoms with E-state index in [9.17, 15) is 22.4 Å². The first-order valence-corrected chi connectivity index (χ1v) is 15.7. The highest BCUT2D eigenvalue weighted by Gasteiger charge is 2.34. The van der Waals surface area contributed by atoms with E-state index in [0.717, 1.165) is 30.0 Å². The maximum atomic E-state index is 14.1. The number of amides is 2. The molecule has 1 atom stereocenters. The van der Waals surface area contributed by atoms with Crippen molar-refractivity contribution in [2.45, 2.75) is 56.1 Å². The largest absolute Gasteiger partial charge is 0.493 e. The van der Waals surface area contributed by atoms with Crippen LogP contribution in [0, 0.1) is 5.82 Å². The summed E-state index contributed by atoms with van der Waals surface area (Å²) in [5.41, 5.74) is 0.772. The third kappa shape index (κ3) is 7.77. The van der Waals surface area contributed by atoms with Crippen LogP contribution in [0.3, 0.4) is 0 Å². The Bertz CT molecular complexity index is 1530. The molecule has 1 saturated carbocycles. The number of hydrogen-bond acceptors (Lipinski definition) is 6. The molecule has 43 heavy (non-hydrogen) atoms. The average Bonchev–Trinajstić information content (AvgIpc) is 3.52. The van der Waals surface area contributed by atoms with E-state index in [1.165, 1.54) is 85.8 Å². The number of anilines is 1. The molecular weight excluding hydrogens is 597 g/mol. The van der Waals surface area contributed by atoms with Gasteiger partial charge in [0.05, 0.1) is 24.8 Å². The Kier molecular flexibility index (Phi) is 10.5. The van der Waals surface area contributed by atoms with Gasteiger partial charge in [-0.2, -0.15) is 0 Å². The molecule has 0 aromatic heterocycles. The molecular formula is C31H35ClFN3O6S. The predicted octanol–water partition coefficient (Wildman–Crippen LogP) is 5.17. The highest BCUT2D eigenvalue weighted by atomic mass is 35.5. The monoisotopic (exact) mass is 631 g/mol. The van der Waals surface area contributed by atoms with Gasteiger partial charge in [-0.3, -0.25) is 13.9 Å². The molecule has 3 aromatic carbocycles. The number of benzene rings is 3. The quantitative estimate of drug-likeness (QED) is 0.296. The summed E-state index contributed by atoms with van der Waals surface area (Å²) < 4.78 is 53.3. The summed E-state index contributed by atoms with van der Waals surface area (Å²) in [5.74, 6) is -0.881. The first kappa shape index (κ1) is 32.1.